The van der Waals surface area contributed by atoms with Crippen LogP contribution in [0.25, 0.3) is 0 Å². The molecule has 8 heteroatoms. The molecule has 0 aromatic rings. The molecule has 2 amide bonds. The summed E-state index contributed by atoms with van der Waals surface area (Å²) in [6, 6.07) is -0.930. The minimum Gasteiger partial charge on any atom is -0.444 e. The van der Waals surface area contributed by atoms with Crippen LogP contribution < -0.4 is 0 Å². The van der Waals surface area contributed by atoms with E-state index in [0.717, 1.165) is 12.8 Å². The van der Waals surface area contributed by atoms with Crippen molar-refractivity contribution >= 4 is 21.8 Å². The Morgan fingerprint density at radius 3 is 2.04 bits per heavy atom. The van der Waals surface area contributed by atoms with Crippen molar-refractivity contribution in [2.75, 3.05) is 24.6 Å². The molecule has 2 heterocycles. The number of piperazine rings is 1. The molecule has 2 atom stereocenters. The Labute approximate surface area is 136 Å². The second-order valence-electron chi connectivity index (χ2n) is 7.69. The van der Waals surface area contributed by atoms with Crippen molar-refractivity contribution in [2.45, 2.75) is 51.3 Å². The molecule has 0 spiro atoms. The fraction of sp³-hybridized carbons (Fsp3) is 0.867. The number of carbonyl (C=O) groups is 2. The average Bonchev–Trinajstić information content (AvgIpc) is 3.17. The predicted octanol–water partition coefficient (Wildman–Crippen LogP) is 0.641. The Bertz CT molecular complexity index is 620. The van der Waals surface area contributed by atoms with E-state index < -0.39 is 33.6 Å². The number of hydrogen-bond acceptors (Lipinski definition) is 5. The van der Waals surface area contributed by atoms with E-state index in [1.54, 1.807) is 25.7 Å². The van der Waals surface area contributed by atoms with Gasteiger partial charge in [0.05, 0.1) is 23.6 Å². The number of sulfone groups is 1. The van der Waals surface area contributed by atoms with Gasteiger partial charge in [0.25, 0.3) is 0 Å². The molecule has 7 nitrogen and oxygen atoms in total. The summed E-state index contributed by atoms with van der Waals surface area (Å²) in [4.78, 5) is 28.0. The van der Waals surface area contributed by atoms with Gasteiger partial charge in [-0.05, 0) is 33.6 Å². The van der Waals surface area contributed by atoms with Gasteiger partial charge in [-0.1, -0.05) is 0 Å². The molecule has 3 fully saturated rings. The van der Waals surface area contributed by atoms with Crippen LogP contribution >= 0.6 is 0 Å². The van der Waals surface area contributed by atoms with Crippen LogP contribution in [0.3, 0.4) is 0 Å². The molecule has 1 saturated carbocycles. The second-order valence-corrected chi connectivity index (χ2v) is 9.85. The van der Waals surface area contributed by atoms with E-state index in [2.05, 4.69) is 0 Å². The number of nitrogens with zero attached hydrogens (tertiary/aromatic N) is 2. The Balaban J connectivity index is 1.81. The van der Waals surface area contributed by atoms with Gasteiger partial charge in [0, 0.05) is 19.0 Å². The highest BCUT2D eigenvalue weighted by molar-refractivity contribution is 7.91. The summed E-state index contributed by atoms with van der Waals surface area (Å²) in [7, 11) is -3.25. The SMILES string of the molecule is CC(C)(C)OC(=O)N1CCN(C(=O)C2CC2)C2CS(=O)(=O)CC21. The van der Waals surface area contributed by atoms with Crippen molar-refractivity contribution in [1.29, 1.82) is 0 Å². The van der Waals surface area contributed by atoms with E-state index in [9.17, 15) is 18.0 Å². The average molecular weight is 344 g/mol. The largest absolute Gasteiger partial charge is 0.444 e. The van der Waals surface area contributed by atoms with Gasteiger partial charge in [0.1, 0.15) is 5.60 Å². The molecule has 0 aromatic heterocycles. The van der Waals surface area contributed by atoms with Crippen LogP contribution in [0.4, 0.5) is 4.79 Å². The van der Waals surface area contributed by atoms with E-state index >= 15 is 0 Å². The van der Waals surface area contributed by atoms with Gasteiger partial charge in [-0.3, -0.25) is 4.79 Å². The first-order valence-electron chi connectivity index (χ1n) is 8.08. The van der Waals surface area contributed by atoms with E-state index in [0.29, 0.717) is 13.1 Å². The maximum atomic E-state index is 12.4. The third kappa shape index (κ3) is 3.46. The summed E-state index contributed by atoms with van der Waals surface area (Å²) >= 11 is 0. The number of hydrogen-bond donors (Lipinski definition) is 0. The topological polar surface area (TPSA) is 84.0 Å². The van der Waals surface area contributed by atoms with Crippen LogP contribution in [-0.4, -0.2) is 72.5 Å². The van der Waals surface area contributed by atoms with Gasteiger partial charge in [-0.2, -0.15) is 0 Å². The smallest absolute Gasteiger partial charge is 0.410 e. The highest BCUT2D eigenvalue weighted by Crippen LogP contribution is 2.35. The lowest BCUT2D eigenvalue weighted by atomic mass is 10.0. The Hall–Kier alpha value is -1.31. The Morgan fingerprint density at radius 1 is 1.00 bits per heavy atom. The van der Waals surface area contributed by atoms with E-state index in [1.165, 1.54) is 4.90 Å². The van der Waals surface area contributed by atoms with Crippen molar-refractivity contribution < 1.29 is 22.7 Å². The van der Waals surface area contributed by atoms with Crippen molar-refractivity contribution in [3.8, 4) is 0 Å². The second kappa shape index (κ2) is 5.36. The zero-order valence-electron chi connectivity index (χ0n) is 13.8. The van der Waals surface area contributed by atoms with Crippen LogP contribution in [0.5, 0.6) is 0 Å². The minimum absolute atomic E-state index is 0.0425. The highest BCUT2D eigenvalue weighted by Gasteiger charge is 2.51. The molecular weight excluding hydrogens is 320 g/mol. The lowest BCUT2D eigenvalue weighted by Gasteiger charge is -2.44. The maximum Gasteiger partial charge on any atom is 0.410 e. The predicted molar refractivity (Wildman–Crippen MR) is 83.6 cm³/mol. The van der Waals surface area contributed by atoms with Gasteiger partial charge in [-0.15, -0.1) is 0 Å². The van der Waals surface area contributed by atoms with E-state index in [-0.39, 0.29) is 23.3 Å². The van der Waals surface area contributed by atoms with Gasteiger partial charge in [0.2, 0.25) is 5.91 Å². The third-order valence-electron chi connectivity index (χ3n) is 4.51. The van der Waals surface area contributed by atoms with Gasteiger partial charge in [0.15, 0.2) is 9.84 Å². The summed E-state index contributed by atoms with van der Waals surface area (Å²) in [6.07, 6.45) is 1.27. The zero-order chi connectivity index (χ0) is 17.0. The number of amides is 2. The molecule has 23 heavy (non-hydrogen) atoms. The third-order valence-corrected chi connectivity index (χ3v) is 6.21. The summed E-state index contributed by atoms with van der Waals surface area (Å²) in [5.74, 6) is -0.0613. The van der Waals surface area contributed by atoms with Gasteiger partial charge in [-0.25, -0.2) is 13.2 Å². The van der Waals surface area contributed by atoms with Crippen molar-refractivity contribution in [2.24, 2.45) is 5.92 Å². The lowest BCUT2D eigenvalue weighted by molar-refractivity contribution is -0.138. The molecular formula is C15H24N2O5S. The fourth-order valence-corrected chi connectivity index (χ4v) is 5.32. The summed E-state index contributed by atoms with van der Waals surface area (Å²) in [6.45, 7) is 6.04. The molecule has 130 valence electrons. The van der Waals surface area contributed by atoms with Crippen molar-refractivity contribution in [3.63, 3.8) is 0 Å². The molecule has 3 rings (SSSR count). The number of rotatable bonds is 1. The first-order chi connectivity index (χ1) is 10.6. The number of fused-ring (bicyclic) bond motifs is 1. The van der Waals surface area contributed by atoms with Crippen LogP contribution in [0, 0.1) is 5.92 Å². The standard InChI is InChI=1S/C15H24N2O5S/c1-15(2,3)22-14(19)17-7-6-16(13(18)10-4-5-10)11-8-23(20,21)9-12(11)17/h10-12H,4-9H2,1-3H3. The fourth-order valence-electron chi connectivity index (χ4n) is 3.34. The minimum atomic E-state index is -3.25. The molecule has 0 bridgehead atoms. The summed E-state index contributed by atoms with van der Waals surface area (Å²) < 4.78 is 29.6. The molecule has 0 radical (unpaired) electrons. The van der Waals surface area contributed by atoms with E-state index in [1.807, 2.05) is 0 Å². The van der Waals surface area contributed by atoms with E-state index in [4.69, 9.17) is 4.74 Å². The zero-order valence-corrected chi connectivity index (χ0v) is 14.6. The summed E-state index contributed by atoms with van der Waals surface area (Å²) in [5.41, 5.74) is -0.634. The molecule has 2 unspecified atom stereocenters. The van der Waals surface area contributed by atoms with Crippen LogP contribution in [-0.2, 0) is 19.4 Å². The number of carbonyl (C=O) groups excluding carboxylic acids is 2. The first-order valence-corrected chi connectivity index (χ1v) is 9.90. The molecule has 0 aromatic carbocycles. The van der Waals surface area contributed by atoms with Crippen molar-refractivity contribution in [3.05, 3.63) is 0 Å². The monoisotopic (exact) mass is 344 g/mol. The molecule has 0 N–H and O–H groups in total. The molecule has 2 saturated heterocycles. The Morgan fingerprint density at radius 2 is 1.52 bits per heavy atom. The quantitative estimate of drug-likeness (QED) is 0.697. The van der Waals surface area contributed by atoms with Crippen molar-refractivity contribution in [1.82, 2.24) is 9.80 Å². The maximum absolute atomic E-state index is 12.4. The van der Waals surface area contributed by atoms with Gasteiger partial charge < -0.3 is 14.5 Å². The lowest BCUT2D eigenvalue weighted by Crippen LogP contribution is -2.62. The number of ether oxygens (including phenoxy) is 1. The van der Waals surface area contributed by atoms with Crippen LogP contribution in [0.1, 0.15) is 33.6 Å². The molecule has 2 aliphatic heterocycles. The van der Waals surface area contributed by atoms with Crippen LogP contribution in [0.2, 0.25) is 0 Å². The first kappa shape index (κ1) is 16.5. The van der Waals surface area contributed by atoms with Crippen LogP contribution in [0.15, 0.2) is 0 Å². The Kier molecular flexibility index (Phi) is 3.85. The normalized spacial score (nSPS) is 30.0. The van der Waals surface area contributed by atoms with Gasteiger partial charge >= 0.3 is 6.09 Å². The highest BCUT2D eigenvalue weighted by atomic mass is 32.2. The summed E-state index contributed by atoms with van der Waals surface area (Å²) in [5, 5.41) is 0. The molecule has 1 aliphatic carbocycles. The molecule has 3 aliphatic rings.